The molecule has 1 aromatic carbocycles. The molecule has 4 rings (SSSR count). The van der Waals surface area contributed by atoms with Crippen molar-refractivity contribution in [1.82, 2.24) is 9.38 Å². The van der Waals surface area contributed by atoms with E-state index in [1.165, 1.54) is 10.5 Å². The second-order valence-corrected chi connectivity index (χ2v) is 9.17. The number of piperidine rings is 1. The number of anilines is 2. The number of rotatable bonds is 5. The minimum atomic E-state index is -2.71. The van der Waals surface area contributed by atoms with Gasteiger partial charge in [0.2, 0.25) is 0 Å². The lowest BCUT2D eigenvalue weighted by molar-refractivity contribution is -0.0221. The van der Waals surface area contributed by atoms with E-state index in [9.17, 15) is 23.5 Å². The highest BCUT2D eigenvalue weighted by atomic mass is 35.5. The number of nitrogens with one attached hydrogen (secondary N) is 1. The second-order valence-electron chi connectivity index (χ2n) is 8.74. The van der Waals surface area contributed by atoms with Gasteiger partial charge in [0, 0.05) is 48.4 Å². The summed E-state index contributed by atoms with van der Waals surface area (Å²) in [6.45, 7) is 5.56. The second kappa shape index (κ2) is 8.87. The zero-order valence-corrected chi connectivity index (χ0v) is 19.8. The van der Waals surface area contributed by atoms with E-state index < -0.39 is 17.9 Å². The third-order valence-corrected chi connectivity index (χ3v) is 6.37. The fourth-order valence-corrected chi connectivity index (χ4v) is 4.46. The molecule has 10 heteroatoms. The first kappa shape index (κ1) is 23.9. The van der Waals surface area contributed by atoms with Gasteiger partial charge in [0.05, 0.1) is 17.2 Å². The smallest absolute Gasteiger partial charge is 0.337 e. The number of carboxylic acid groups (broad SMARTS) is 1. The van der Waals surface area contributed by atoms with Gasteiger partial charge in [-0.3, -0.25) is 9.20 Å². The van der Waals surface area contributed by atoms with Crippen molar-refractivity contribution in [3.63, 3.8) is 0 Å². The molecule has 0 aliphatic carbocycles. The quantitative estimate of drug-likeness (QED) is 0.519. The van der Waals surface area contributed by atoms with Gasteiger partial charge >= 0.3 is 5.97 Å². The maximum atomic E-state index is 13.7. The van der Waals surface area contributed by atoms with Gasteiger partial charge in [-0.25, -0.2) is 18.6 Å². The molecule has 34 heavy (non-hydrogen) atoms. The van der Waals surface area contributed by atoms with Crippen molar-refractivity contribution in [2.45, 2.75) is 45.6 Å². The van der Waals surface area contributed by atoms with Crippen molar-refractivity contribution in [2.75, 3.05) is 23.3 Å². The van der Waals surface area contributed by atoms with Gasteiger partial charge in [-0.05, 0) is 50.6 Å². The number of fused-ring (bicyclic) bond motifs is 1. The monoisotopic (exact) mass is 490 g/mol. The van der Waals surface area contributed by atoms with Crippen LogP contribution in [0.15, 0.2) is 35.3 Å². The van der Waals surface area contributed by atoms with Crippen molar-refractivity contribution in [3.05, 3.63) is 68.1 Å². The molecule has 1 saturated heterocycles. The molecule has 0 spiro atoms. The number of nitrogens with zero attached hydrogens (tertiary/aromatic N) is 3. The van der Waals surface area contributed by atoms with Crippen LogP contribution in [0.4, 0.5) is 20.3 Å². The molecule has 0 saturated carbocycles. The van der Waals surface area contributed by atoms with Crippen LogP contribution in [0.25, 0.3) is 5.65 Å². The molecule has 0 amide bonds. The highest BCUT2D eigenvalue weighted by molar-refractivity contribution is 6.31. The molecule has 3 aromatic rings. The molecule has 0 unspecified atom stereocenters. The van der Waals surface area contributed by atoms with Crippen molar-refractivity contribution in [3.8, 4) is 0 Å². The first-order chi connectivity index (χ1) is 16.0. The van der Waals surface area contributed by atoms with Gasteiger partial charge in [0.15, 0.2) is 0 Å². The van der Waals surface area contributed by atoms with Crippen LogP contribution in [0.5, 0.6) is 0 Å². The van der Waals surface area contributed by atoms with E-state index in [0.717, 1.165) is 5.56 Å². The summed E-state index contributed by atoms with van der Waals surface area (Å²) >= 11 is 5.96. The zero-order chi connectivity index (χ0) is 24.8. The normalized spacial score (nSPS) is 16.5. The lowest BCUT2D eigenvalue weighted by Crippen LogP contribution is -2.41. The van der Waals surface area contributed by atoms with Crippen LogP contribution in [-0.2, 0) is 0 Å². The van der Waals surface area contributed by atoms with E-state index in [1.807, 2.05) is 19.9 Å². The maximum Gasteiger partial charge on any atom is 0.337 e. The first-order valence-corrected chi connectivity index (χ1v) is 11.3. The highest BCUT2D eigenvalue weighted by Gasteiger charge is 2.35. The molecule has 0 bridgehead atoms. The van der Waals surface area contributed by atoms with Crippen LogP contribution >= 0.6 is 11.6 Å². The van der Waals surface area contributed by atoms with Crippen LogP contribution in [-0.4, -0.2) is 39.5 Å². The van der Waals surface area contributed by atoms with Crippen molar-refractivity contribution >= 4 is 34.7 Å². The van der Waals surface area contributed by atoms with Crippen molar-refractivity contribution in [2.24, 2.45) is 0 Å². The summed E-state index contributed by atoms with van der Waals surface area (Å²) in [5.41, 5.74) is 2.40. The average Bonchev–Trinajstić information content (AvgIpc) is 2.77. The molecule has 3 heterocycles. The average molecular weight is 491 g/mol. The Bertz CT molecular complexity index is 1330. The van der Waals surface area contributed by atoms with Gasteiger partial charge in [0.1, 0.15) is 11.5 Å². The Labute approximate surface area is 200 Å². The number of hydrogen-bond donors (Lipinski definition) is 2. The Morgan fingerprint density at radius 3 is 2.56 bits per heavy atom. The molecule has 0 radical (unpaired) electrons. The SMILES string of the molecule is Cc1cc([C@@H](C)Nc2ccc(Cl)cc2C(=O)O)c2nc(N3CCC(F)(F)CC3)c(C)c(=O)n2c1. The number of halogens is 3. The molecular formula is C24H25ClF2N4O3. The number of carbonyl (C=O) groups is 1. The number of aryl methyl sites for hydroxylation is 1. The van der Waals surface area contributed by atoms with Crippen LogP contribution in [0.2, 0.25) is 5.02 Å². The Balaban J connectivity index is 1.79. The van der Waals surface area contributed by atoms with E-state index >= 15 is 0 Å². The van der Waals surface area contributed by atoms with Crippen molar-refractivity contribution in [1.29, 1.82) is 0 Å². The molecule has 180 valence electrons. The third-order valence-electron chi connectivity index (χ3n) is 6.13. The van der Waals surface area contributed by atoms with E-state index in [-0.39, 0.29) is 37.1 Å². The number of aromatic carboxylic acids is 1. The van der Waals surface area contributed by atoms with E-state index in [4.69, 9.17) is 16.6 Å². The van der Waals surface area contributed by atoms with Gasteiger partial charge in [-0.15, -0.1) is 0 Å². The van der Waals surface area contributed by atoms with Crippen LogP contribution < -0.4 is 15.8 Å². The molecule has 1 aliphatic heterocycles. The van der Waals surface area contributed by atoms with Gasteiger partial charge in [0.25, 0.3) is 11.5 Å². The standard InChI is InChI=1S/C24H25ClF2N4O3/c1-13-10-17(15(3)28-19-5-4-16(25)11-18(19)23(33)34)21-29-20(14(2)22(32)31(21)12-13)30-8-6-24(26,27)7-9-30/h4-5,10-12,15,28H,6-9H2,1-3H3,(H,33,34)/t15-/m1/s1. The summed E-state index contributed by atoms with van der Waals surface area (Å²) in [5.74, 6) is -3.44. The number of alkyl halides is 2. The Morgan fingerprint density at radius 1 is 1.24 bits per heavy atom. The summed E-state index contributed by atoms with van der Waals surface area (Å²) < 4.78 is 28.8. The van der Waals surface area contributed by atoms with Gasteiger partial charge in [-0.1, -0.05) is 11.6 Å². The number of benzene rings is 1. The van der Waals surface area contributed by atoms with Crippen LogP contribution in [0.1, 0.15) is 52.9 Å². The minimum absolute atomic E-state index is 0.0206. The lowest BCUT2D eigenvalue weighted by atomic mass is 10.0. The molecule has 1 atom stereocenters. The van der Waals surface area contributed by atoms with Crippen molar-refractivity contribution < 1.29 is 18.7 Å². The first-order valence-electron chi connectivity index (χ1n) is 10.9. The van der Waals surface area contributed by atoms with E-state index in [1.54, 1.807) is 30.2 Å². The zero-order valence-electron chi connectivity index (χ0n) is 19.0. The largest absolute Gasteiger partial charge is 0.478 e. The summed E-state index contributed by atoms with van der Waals surface area (Å²) in [4.78, 5) is 31.4. The summed E-state index contributed by atoms with van der Waals surface area (Å²) in [6.07, 6.45) is 1.11. The number of carboxylic acids is 1. The predicted molar refractivity (Wildman–Crippen MR) is 128 cm³/mol. The number of pyridine rings is 1. The van der Waals surface area contributed by atoms with Gasteiger partial charge < -0.3 is 15.3 Å². The van der Waals surface area contributed by atoms with Crippen LogP contribution in [0.3, 0.4) is 0 Å². The fraction of sp³-hybridized carbons (Fsp3) is 0.375. The Kier molecular flexibility index (Phi) is 6.24. The Hall–Kier alpha value is -3.20. The summed E-state index contributed by atoms with van der Waals surface area (Å²) in [5, 5.41) is 13.1. The predicted octanol–water partition coefficient (Wildman–Crippen LogP) is 5.07. The lowest BCUT2D eigenvalue weighted by Gasteiger charge is -2.33. The molecule has 7 nitrogen and oxygen atoms in total. The summed E-state index contributed by atoms with van der Waals surface area (Å²) in [7, 11) is 0. The molecule has 2 N–H and O–H groups in total. The van der Waals surface area contributed by atoms with E-state index in [2.05, 4.69) is 5.32 Å². The highest BCUT2D eigenvalue weighted by Crippen LogP contribution is 2.32. The third kappa shape index (κ3) is 4.57. The Morgan fingerprint density at radius 2 is 1.91 bits per heavy atom. The molecule has 1 fully saturated rings. The topological polar surface area (TPSA) is 86.9 Å². The minimum Gasteiger partial charge on any atom is -0.478 e. The van der Waals surface area contributed by atoms with Crippen LogP contribution in [0, 0.1) is 13.8 Å². The maximum absolute atomic E-state index is 13.7. The van der Waals surface area contributed by atoms with Gasteiger partial charge in [-0.2, -0.15) is 0 Å². The summed E-state index contributed by atoms with van der Waals surface area (Å²) in [6, 6.07) is 5.99. The molecule has 1 aliphatic rings. The molecular weight excluding hydrogens is 466 g/mol. The van der Waals surface area contributed by atoms with E-state index in [0.29, 0.717) is 33.3 Å². The fourth-order valence-electron chi connectivity index (χ4n) is 4.29. The number of aromatic nitrogens is 2. The molecule has 2 aromatic heterocycles. The number of hydrogen-bond acceptors (Lipinski definition) is 5.